The lowest BCUT2D eigenvalue weighted by molar-refractivity contribution is 0.238. The summed E-state index contributed by atoms with van der Waals surface area (Å²) in [5, 5.41) is 9.00. The summed E-state index contributed by atoms with van der Waals surface area (Å²) >= 11 is 0. The zero-order valence-electron chi connectivity index (χ0n) is 14.7. The number of hydrogen-bond acceptors (Lipinski definition) is 2. The summed E-state index contributed by atoms with van der Waals surface area (Å²) in [5.41, 5.74) is 5.86. The molecule has 5 unspecified atom stereocenters. The van der Waals surface area contributed by atoms with Gasteiger partial charge in [-0.25, -0.2) is 0 Å². The minimum Gasteiger partial charge on any atom is -0.396 e. The Morgan fingerprint density at radius 2 is 1.38 bits per heavy atom. The zero-order valence-corrected chi connectivity index (χ0v) is 14.7. The molecule has 0 spiro atoms. The van der Waals surface area contributed by atoms with Gasteiger partial charge >= 0.3 is 0 Å². The average Bonchev–Trinajstić information content (AvgIpc) is 2.70. The Kier molecular flexibility index (Phi) is 9.59. The molecule has 3 N–H and O–H groups in total. The molecule has 0 heterocycles. The van der Waals surface area contributed by atoms with Crippen LogP contribution in [0.25, 0.3) is 0 Å². The van der Waals surface area contributed by atoms with Crippen LogP contribution in [0.5, 0.6) is 0 Å². The molecule has 0 radical (unpaired) electrons. The van der Waals surface area contributed by atoms with Crippen molar-refractivity contribution in [1.29, 1.82) is 0 Å². The summed E-state index contributed by atoms with van der Waals surface area (Å²) in [6.45, 7) is 7.33. The maximum atomic E-state index is 9.00. The van der Waals surface area contributed by atoms with Gasteiger partial charge < -0.3 is 10.8 Å². The molecule has 0 bridgehead atoms. The topological polar surface area (TPSA) is 46.2 Å². The predicted molar refractivity (Wildman–Crippen MR) is 92.2 cm³/mol. The predicted octanol–water partition coefficient (Wildman–Crippen LogP) is 4.75. The molecule has 1 rings (SSSR count). The van der Waals surface area contributed by atoms with Crippen molar-refractivity contribution in [3.63, 3.8) is 0 Å². The fourth-order valence-corrected chi connectivity index (χ4v) is 4.14. The van der Waals surface area contributed by atoms with E-state index in [9.17, 15) is 0 Å². The van der Waals surface area contributed by atoms with Gasteiger partial charge in [0.05, 0.1) is 0 Å². The van der Waals surface area contributed by atoms with E-state index in [1.807, 2.05) is 0 Å². The van der Waals surface area contributed by atoms with Crippen molar-refractivity contribution in [2.75, 3.05) is 6.61 Å². The van der Waals surface area contributed by atoms with Crippen LogP contribution in [0, 0.1) is 23.7 Å². The lowest BCUT2D eigenvalue weighted by atomic mass is 9.82. The van der Waals surface area contributed by atoms with Crippen molar-refractivity contribution < 1.29 is 5.11 Å². The number of aliphatic hydroxyl groups excluding tert-OH is 1. The van der Waals surface area contributed by atoms with E-state index in [2.05, 4.69) is 20.8 Å². The quantitative estimate of drug-likeness (QED) is 0.604. The molecular weight excluding hydrogens is 258 g/mol. The lowest BCUT2D eigenvalue weighted by Gasteiger charge is -2.24. The van der Waals surface area contributed by atoms with E-state index in [-0.39, 0.29) is 0 Å². The largest absolute Gasteiger partial charge is 0.396 e. The van der Waals surface area contributed by atoms with Crippen LogP contribution in [0.15, 0.2) is 0 Å². The second-order valence-corrected chi connectivity index (χ2v) is 7.76. The summed E-state index contributed by atoms with van der Waals surface area (Å²) in [6, 6.07) is 0.364. The van der Waals surface area contributed by atoms with E-state index in [1.165, 1.54) is 57.8 Å². The first-order valence-electron chi connectivity index (χ1n) is 9.41. The van der Waals surface area contributed by atoms with Gasteiger partial charge in [0.25, 0.3) is 0 Å². The molecule has 0 saturated heterocycles. The third-order valence-electron chi connectivity index (χ3n) is 5.80. The van der Waals surface area contributed by atoms with Crippen molar-refractivity contribution in [2.45, 2.75) is 91.0 Å². The van der Waals surface area contributed by atoms with E-state index >= 15 is 0 Å². The fraction of sp³-hybridized carbons (Fsp3) is 1.00. The highest BCUT2D eigenvalue weighted by molar-refractivity contribution is 4.77. The number of nitrogens with two attached hydrogens (primary N) is 1. The van der Waals surface area contributed by atoms with Crippen LogP contribution in [-0.2, 0) is 0 Å². The normalized spacial score (nSPS) is 27.9. The third kappa shape index (κ3) is 7.65. The van der Waals surface area contributed by atoms with Gasteiger partial charge in [0, 0.05) is 12.6 Å². The Morgan fingerprint density at radius 3 is 1.86 bits per heavy atom. The van der Waals surface area contributed by atoms with E-state index in [4.69, 9.17) is 10.8 Å². The SMILES string of the molecule is CC(N)CCCC(C)C1CCCC(C(C)CCCO)CC1. The van der Waals surface area contributed by atoms with Gasteiger partial charge in [0.15, 0.2) is 0 Å². The molecule has 1 fully saturated rings. The van der Waals surface area contributed by atoms with Gasteiger partial charge in [-0.2, -0.15) is 0 Å². The van der Waals surface area contributed by atoms with Gasteiger partial charge in [-0.15, -0.1) is 0 Å². The smallest absolute Gasteiger partial charge is 0.0431 e. The molecule has 2 nitrogen and oxygen atoms in total. The van der Waals surface area contributed by atoms with Crippen molar-refractivity contribution in [3.8, 4) is 0 Å². The summed E-state index contributed by atoms with van der Waals surface area (Å²) in [7, 11) is 0. The van der Waals surface area contributed by atoms with Gasteiger partial charge in [0.1, 0.15) is 0 Å². The first-order chi connectivity index (χ1) is 10.0. The van der Waals surface area contributed by atoms with Crippen molar-refractivity contribution in [3.05, 3.63) is 0 Å². The minimum atomic E-state index is 0.357. The molecule has 0 amide bonds. The summed E-state index contributed by atoms with van der Waals surface area (Å²) < 4.78 is 0. The van der Waals surface area contributed by atoms with Crippen LogP contribution in [0.4, 0.5) is 0 Å². The van der Waals surface area contributed by atoms with Gasteiger partial charge in [-0.1, -0.05) is 46.0 Å². The van der Waals surface area contributed by atoms with E-state index in [0.29, 0.717) is 12.6 Å². The molecule has 1 aliphatic rings. The first-order valence-corrected chi connectivity index (χ1v) is 9.41. The molecule has 1 saturated carbocycles. The maximum absolute atomic E-state index is 9.00. The molecule has 1 aliphatic carbocycles. The van der Waals surface area contributed by atoms with Gasteiger partial charge in [-0.05, 0) is 62.7 Å². The molecule has 5 atom stereocenters. The number of rotatable bonds is 9. The van der Waals surface area contributed by atoms with Crippen LogP contribution in [-0.4, -0.2) is 17.8 Å². The van der Waals surface area contributed by atoms with Crippen LogP contribution < -0.4 is 5.73 Å². The Bertz CT molecular complexity index is 254. The van der Waals surface area contributed by atoms with Crippen molar-refractivity contribution in [1.82, 2.24) is 0 Å². The maximum Gasteiger partial charge on any atom is 0.0431 e. The van der Waals surface area contributed by atoms with Crippen molar-refractivity contribution >= 4 is 0 Å². The minimum absolute atomic E-state index is 0.357. The van der Waals surface area contributed by atoms with E-state index in [0.717, 1.165) is 30.1 Å². The van der Waals surface area contributed by atoms with E-state index in [1.54, 1.807) is 0 Å². The highest BCUT2D eigenvalue weighted by Gasteiger charge is 2.25. The zero-order chi connectivity index (χ0) is 15.7. The highest BCUT2D eigenvalue weighted by atomic mass is 16.2. The number of hydrogen-bond donors (Lipinski definition) is 2. The Balaban J connectivity index is 2.30. The van der Waals surface area contributed by atoms with Gasteiger partial charge in [0.2, 0.25) is 0 Å². The lowest BCUT2D eigenvalue weighted by Crippen LogP contribution is -2.16. The molecule has 21 heavy (non-hydrogen) atoms. The summed E-state index contributed by atoms with van der Waals surface area (Å²) in [6.07, 6.45) is 13.1. The first kappa shape index (κ1) is 19.0. The Morgan fingerprint density at radius 1 is 0.857 bits per heavy atom. The van der Waals surface area contributed by atoms with Crippen LogP contribution in [0.1, 0.15) is 85.0 Å². The molecule has 0 aromatic rings. The second-order valence-electron chi connectivity index (χ2n) is 7.76. The molecule has 0 aromatic carbocycles. The summed E-state index contributed by atoms with van der Waals surface area (Å²) in [5.74, 6) is 3.51. The van der Waals surface area contributed by atoms with E-state index < -0.39 is 0 Å². The molecule has 2 heteroatoms. The Hall–Kier alpha value is -0.0800. The average molecular weight is 298 g/mol. The van der Waals surface area contributed by atoms with Crippen LogP contribution >= 0.6 is 0 Å². The molecule has 0 aliphatic heterocycles. The van der Waals surface area contributed by atoms with Crippen molar-refractivity contribution in [2.24, 2.45) is 29.4 Å². The highest BCUT2D eigenvalue weighted by Crippen LogP contribution is 2.37. The molecular formula is C19H39NO. The summed E-state index contributed by atoms with van der Waals surface area (Å²) in [4.78, 5) is 0. The van der Waals surface area contributed by atoms with Gasteiger partial charge in [-0.3, -0.25) is 0 Å². The standard InChI is InChI=1S/C19H39NO/c1-15(7-4-9-17(3)20)18-10-5-11-19(13-12-18)16(2)8-6-14-21/h15-19,21H,4-14,20H2,1-3H3. The van der Waals surface area contributed by atoms with Crippen LogP contribution in [0.2, 0.25) is 0 Å². The molecule has 0 aromatic heterocycles. The number of aliphatic hydroxyl groups is 1. The fourth-order valence-electron chi connectivity index (χ4n) is 4.14. The molecule has 126 valence electrons. The Labute approximate surface area is 132 Å². The van der Waals surface area contributed by atoms with Crippen LogP contribution in [0.3, 0.4) is 0 Å². The third-order valence-corrected chi connectivity index (χ3v) is 5.80. The monoisotopic (exact) mass is 297 g/mol. The second kappa shape index (κ2) is 10.6.